The second-order valence-electron chi connectivity index (χ2n) is 11.6. The summed E-state index contributed by atoms with van der Waals surface area (Å²) in [7, 11) is 5.56. The minimum Gasteiger partial charge on any atom is -0.494 e. The van der Waals surface area contributed by atoms with Crippen molar-refractivity contribution < 1.29 is 19.0 Å². The fourth-order valence-electron chi connectivity index (χ4n) is 6.26. The second-order valence-corrected chi connectivity index (χ2v) is 11.6. The normalized spacial score (nSPS) is 18.3. The summed E-state index contributed by atoms with van der Waals surface area (Å²) >= 11 is 0. The number of carbonyl (C=O) groups excluding carboxylic acids is 1. The highest BCUT2D eigenvalue weighted by atomic mass is 16.5. The van der Waals surface area contributed by atoms with Crippen LogP contribution in [0.1, 0.15) is 10.4 Å². The third kappa shape index (κ3) is 4.49. The number of pyridine rings is 1. The number of aromatic nitrogens is 2. The molecule has 3 fully saturated rings. The lowest BCUT2D eigenvalue weighted by Crippen LogP contribution is -2.67. The largest absolute Gasteiger partial charge is 0.494 e. The van der Waals surface area contributed by atoms with Gasteiger partial charge in [-0.3, -0.25) is 4.79 Å². The highest BCUT2D eigenvalue weighted by Gasteiger charge is 2.50. The molecule has 3 aliphatic rings. The predicted octanol–water partition coefficient (Wildman–Crippen LogP) is 4.14. The summed E-state index contributed by atoms with van der Waals surface area (Å²) in [6.07, 6.45) is 3.85. The standard InChI is InChI=1S/C32H35N5O4/c1-35-8-10-36(11-9-35)29-27(39-2)13-23(14-28(29)40-3)24-12-25-26(16-34-30(25)33-15-24)21-4-6-22(7-5-21)31(38)37-17-32(18-37)19-41-20-32/h4-7,12-16H,8-11,17-20H2,1-3H3,(H,33,34). The Kier molecular flexibility index (Phi) is 6.36. The Morgan fingerprint density at radius 3 is 2.22 bits per heavy atom. The number of likely N-dealkylation sites (tertiary alicyclic amines) is 1. The van der Waals surface area contributed by atoms with Gasteiger partial charge in [0.2, 0.25) is 0 Å². The SMILES string of the molecule is COc1cc(-c2cnc3[nH]cc(-c4ccc(C(=O)N5CC6(COC6)C5)cc4)c3c2)cc(OC)c1N1CCN(C)CC1. The van der Waals surface area contributed by atoms with Gasteiger partial charge < -0.3 is 33.9 Å². The van der Waals surface area contributed by atoms with Crippen molar-refractivity contribution in [1.82, 2.24) is 19.8 Å². The molecule has 1 N–H and O–H groups in total. The van der Waals surface area contributed by atoms with Crippen LogP contribution in [0.15, 0.2) is 54.9 Å². The van der Waals surface area contributed by atoms with Crippen molar-refractivity contribution in [3.8, 4) is 33.8 Å². The molecule has 0 saturated carbocycles. The number of amides is 1. The summed E-state index contributed by atoms with van der Waals surface area (Å²) in [5.41, 5.74) is 6.74. The molecule has 3 aliphatic heterocycles. The number of aromatic amines is 1. The molecule has 4 aromatic rings. The number of ether oxygens (including phenoxy) is 3. The molecule has 0 radical (unpaired) electrons. The highest BCUT2D eigenvalue weighted by molar-refractivity contribution is 5.98. The zero-order chi connectivity index (χ0) is 28.1. The van der Waals surface area contributed by atoms with Crippen LogP contribution in [0.4, 0.5) is 5.69 Å². The van der Waals surface area contributed by atoms with Gasteiger partial charge in [-0.15, -0.1) is 0 Å². The third-order valence-electron chi connectivity index (χ3n) is 8.76. The van der Waals surface area contributed by atoms with Crippen LogP contribution < -0.4 is 14.4 Å². The fraction of sp³-hybridized carbons (Fsp3) is 0.375. The molecule has 5 heterocycles. The van der Waals surface area contributed by atoms with E-state index in [4.69, 9.17) is 19.2 Å². The van der Waals surface area contributed by atoms with Gasteiger partial charge >= 0.3 is 0 Å². The number of methoxy groups -OCH3 is 2. The van der Waals surface area contributed by atoms with Crippen molar-refractivity contribution in [2.75, 3.05) is 78.6 Å². The van der Waals surface area contributed by atoms with E-state index in [2.05, 4.69) is 40.0 Å². The van der Waals surface area contributed by atoms with E-state index in [9.17, 15) is 4.79 Å². The molecule has 0 aliphatic carbocycles. The summed E-state index contributed by atoms with van der Waals surface area (Å²) in [4.78, 5) is 27.6. The number of nitrogens with one attached hydrogen (secondary N) is 1. The maximum atomic E-state index is 13.0. The molecule has 0 atom stereocenters. The molecule has 2 aromatic heterocycles. The van der Waals surface area contributed by atoms with Crippen LogP contribution >= 0.6 is 0 Å². The van der Waals surface area contributed by atoms with Crippen LogP contribution in [0, 0.1) is 5.41 Å². The number of benzene rings is 2. The molecule has 1 amide bonds. The lowest BCUT2D eigenvalue weighted by molar-refractivity contribution is -0.176. The Bertz CT molecular complexity index is 1570. The summed E-state index contributed by atoms with van der Waals surface area (Å²) in [5.74, 6) is 1.66. The molecule has 3 saturated heterocycles. The molecule has 7 rings (SSSR count). The summed E-state index contributed by atoms with van der Waals surface area (Å²) < 4.78 is 17.1. The number of rotatable bonds is 6. The maximum Gasteiger partial charge on any atom is 0.253 e. The van der Waals surface area contributed by atoms with E-state index in [1.165, 1.54) is 0 Å². The second kappa shape index (κ2) is 10.1. The number of likely N-dealkylation sites (N-methyl/N-ethyl adjacent to an activating group) is 1. The van der Waals surface area contributed by atoms with Gasteiger partial charge in [0.1, 0.15) is 22.8 Å². The van der Waals surface area contributed by atoms with Gasteiger partial charge in [-0.05, 0) is 48.5 Å². The average molecular weight is 554 g/mol. The quantitative estimate of drug-likeness (QED) is 0.384. The van der Waals surface area contributed by atoms with Crippen LogP contribution in [-0.2, 0) is 4.74 Å². The molecule has 212 valence electrons. The smallest absolute Gasteiger partial charge is 0.253 e. The van der Waals surface area contributed by atoms with Gasteiger partial charge in [-0.25, -0.2) is 4.98 Å². The van der Waals surface area contributed by atoms with Crippen LogP contribution in [0.3, 0.4) is 0 Å². The van der Waals surface area contributed by atoms with Gasteiger partial charge in [-0.2, -0.15) is 0 Å². The molecular formula is C32H35N5O4. The minimum atomic E-state index is 0.0832. The van der Waals surface area contributed by atoms with E-state index in [-0.39, 0.29) is 11.3 Å². The zero-order valence-electron chi connectivity index (χ0n) is 23.8. The van der Waals surface area contributed by atoms with Gasteiger partial charge in [0.25, 0.3) is 5.91 Å². The summed E-state index contributed by atoms with van der Waals surface area (Å²) in [6.45, 7) is 6.94. The molecule has 41 heavy (non-hydrogen) atoms. The van der Waals surface area contributed by atoms with E-state index in [1.54, 1.807) is 14.2 Å². The lowest BCUT2D eigenvalue weighted by Gasteiger charge is -2.54. The van der Waals surface area contributed by atoms with E-state index in [1.807, 2.05) is 41.6 Å². The topological polar surface area (TPSA) is 83.2 Å². The van der Waals surface area contributed by atoms with E-state index in [0.29, 0.717) is 5.56 Å². The molecule has 0 unspecified atom stereocenters. The van der Waals surface area contributed by atoms with Crippen molar-refractivity contribution in [2.45, 2.75) is 0 Å². The fourth-order valence-corrected chi connectivity index (χ4v) is 6.26. The molecular weight excluding hydrogens is 518 g/mol. The Morgan fingerprint density at radius 2 is 1.61 bits per heavy atom. The highest BCUT2D eigenvalue weighted by Crippen LogP contribution is 2.43. The monoisotopic (exact) mass is 553 g/mol. The van der Waals surface area contributed by atoms with Crippen molar-refractivity contribution in [2.24, 2.45) is 5.41 Å². The Hall–Kier alpha value is -4.08. The summed E-state index contributed by atoms with van der Waals surface area (Å²) in [5, 5.41) is 1.01. The first-order chi connectivity index (χ1) is 20.0. The van der Waals surface area contributed by atoms with Crippen LogP contribution in [0.5, 0.6) is 11.5 Å². The van der Waals surface area contributed by atoms with Gasteiger partial charge in [0.05, 0.1) is 32.8 Å². The number of piperazine rings is 1. The predicted molar refractivity (Wildman–Crippen MR) is 159 cm³/mol. The number of anilines is 1. The number of hydrogen-bond donors (Lipinski definition) is 1. The molecule has 9 nitrogen and oxygen atoms in total. The summed E-state index contributed by atoms with van der Waals surface area (Å²) in [6, 6.07) is 14.2. The Balaban J connectivity index is 1.17. The van der Waals surface area contributed by atoms with E-state index < -0.39 is 0 Å². The van der Waals surface area contributed by atoms with Gasteiger partial charge in [0.15, 0.2) is 0 Å². The number of fused-ring (bicyclic) bond motifs is 1. The van der Waals surface area contributed by atoms with Gasteiger partial charge in [-0.1, -0.05) is 12.1 Å². The van der Waals surface area contributed by atoms with Crippen LogP contribution in [-0.4, -0.2) is 99.4 Å². The first kappa shape index (κ1) is 25.9. The average Bonchev–Trinajstić information content (AvgIpc) is 3.39. The molecule has 0 bridgehead atoms. The van der Waals surface area contributed by atoms with Crippen LogP contribution in [0.25, 0.3) is 33.3 Å². The minimum absolute atomic E-state index is 0.0832. The van der Waals surface area contributed by atoms with Crippen molar-refractivity contribution in [3.05, 3.63) is 60.4 Å². The van der Waals surface area contributed by atoms with E-state index in [0.717, 1.165) is 103 Å². The molecule has 9 heteroatoms. The lowest BCUT2D eigenvalue weighted by atomic mass is 9.78. The zero-order valence-corrected chi connectivity index (χ0v) is 23.8. The van der Waals surface area contributed by atoms with E-state index >= 15 is 0 Å². The van der Waals surface area contributed by atoms with Crippen molar-refractivity contribution in [3.63, 3.8) is 0 Å². The molecule has 1 spiro atoms. The first-order valence-electron chi connectivity index (χ1n) is 14.1. The number of hydrogen-bond acceptors (Lipinski definition) is 7. The third-order valence-corrected chi connectivity index (χ3v) is 8.76. The number of carbonyl (C=O) groups is 1. The van der Waals surface area contributed by atoms with Crippen LogP contribution in [0.2, 0.25) is 0 Å². The number of H-pyrrole nitrogens is 1. The van der Waals surface area contributed by atoms with Gasteiger partial charge in [0, 0.05) is 73.7 Å². The van der Waals surface area contributed by atoms with Crippen molar-refractivity contribution in [1.29, 1.82) is 0 Å². The Morgan fingerprint density at radius 1 is 0.927 bits per heavy atom. The first-order valence-corrected chi connectivity index (χ1v) is 14.1. The number of nitrogens with zero attached hydrogens (tertiary/aromatic N) is 4. The maximum absolute atomic E-state index is 13.0. The van der Waals surface area contributed by atoms with Crippen molar-refractivity contribution >= 4 is 22.6 Å². The molecule has 2 aromatic carbocycles. The Labute approximate surface area is 239 Å².